The fraction of sp³-hybridized carbons (Fsp3) is 0.294. The van der Waals surface area contributed by atoms with Crippen LogP contribution in [0.3, 0.4) is 0 Å². The summed E-state index contributed by atoms with van der Waals surface area (Å²) >= 11 is 0. The maximum Gasteiger partial charge on any atom is 0.280 e. The van der Waals surface area contributed by atoms with Crippen molar-refractivity contribution in [3.8, 4) is 11.5 Å². The van der Waals surface area contributed by atoms with E-state index in [0.29, 0.717) is 17.1 Å². The van der Waals surface area contributed by atoms with Crippen LogP contribution in [0, 0.1) is 0 Å². The van der Waals surface area contributed by atoms with Crippen LogP contribution < -0.4 is 15.0 Å². The van der Waals surface area contributed by atoms with Crippen LogP contribution in [0.1, 0.15) is 29.3 Å². The van der Waals surface area contributed by atoms with E-state index in [-0.39, 0.29) is 24.5 Å². The molecule has 3 atom stereocenters. The lowest BCUT2D eigenvalue weighted by atomic mass is 9.80. The number of aromatic amines is 1. The van der Waals surface area contributed by atoms with Gasteiger partial charge in [-0.1, -0.05) is 54.6 Å². The second-order valence-electron chi connectivity index (χ2n) is 11.2. The number of benzene rings is 3. The van der Waals surface area contributed by atoms with E-state index in [1.807, 2.05) is 93.0 Å². The van der Waals surface area contributed by atoms with E-state index in [1.165, 1.54) is 6.33 Å². The topological polar surface area (TPSA) is 136 Å². The molecule has 2 N–H and O–H groups in total. The zero-order valence-corrected chi connectivity index (χ0v) is 26.0. The molecule has 0 spiro atoms. The number of nitrogens with zero attached hydrogens (tertiary/aromatic N) is 5. The van der Waals surface area contributed by atoms with Crippen LogP contribution in [0.15, 0.2) is 95.0 Å². The number of ether oxygens (including phenoxy) is 4. The van der Waals surface area contributed by atoms with Gasteiger partial charge in [0.05, 0.1) is 39.6 Å². The first-order valence-corrected chi connectivity index (χ1v) is 14.8. The Bertz CT molecular complexity index is 1810. The number of hydrogen-bond donors (Lipinski definition) is 2. The number of fused-ring (bicyclic) bond motifs is 1. The predicted octanol–water partition coefficient (Wildman–Crippen LogP) is 4.02. The average molecular weight is 625 g/mol. The van der Waals surface area contributed by atoms with E-state index in [9.17, 15) is 9.90 Å². The van der Waals surface area contributed by atoms with E-state index < -0.39 is 29.6 Å². The summed E-state index contributed by atoms with van der Waals surface area (Å²) in [6, 6.07) is 25.4. The van der Waals surface area contributed by atoms with Gasteiger partial charge in [-0.2, -0.15) is 4.98 Å². The molecule has 0 bridgehead atoms. The number of imidazole rings is 1. The third kappa shape index (κ3) is 5.97. The first-order valence-electron chi connectivity index (χ1n) is 14.8. The maximum absolute atomic E-state index is 12.7. The standard InChI is InChI=1S/C34H36N6O6/c1-39(2)20-36-33-37-31-30(32(42)38-33)35-21-40(31)29-18-27(41)28(46-29)19-45-34(22-8-6-5-7-9-22,23-10-14-25(43-3)15-11-23)24-12-16-26(44-4)17-13-24/h5-17,20-21,27-29,41H,18-19H2,1-4H3,(H,37,38,42). The van der Waals surface area contributed by atoms with Gasteiger partial charge in [-0.3, -0.25) is 14.3 Å². The van der Waals surface area contributed by atoms with Crippen molar-refractivity contribution in [2.75, 3.05) is 34.9 Å². The van der Waals surface area contributed by atoms with Crippen molar-refractivity contribution in [3.63, 3.8) is 0 Å². The summed E-state index contributed by atoms with van der Waals surface area (Å²) in [4.78, 5) is 30.1. The Morgan fingerprint density at radius 2 is 1.61 bits per heavy atom. The van der Waals surface area contributed by atoms with Gasteiger partial charge in [0.1, 0.15) is 29.4 Å². The van der Waals surface area contributed by atoms with Crippen LogP contribution in [0.2, 0.25) is 0 Å². The van der Waals surface area contributed by atoms with Gasteiger partial charge in [0.25, 0.3) is 5.56 Å². The quantitative estimate of drug-likeness (QED) is 0.127. The first kappa shape index (κ1) is 31.0. The van der Waals surface area contributed by atoms with E-state index in [4.69, 9.17) is 18.9 Å². The lowest BCUT2D eigenvalue weighted by Crippen LogP contribution is -2.38. The van der Waals surface area contributed by atoms with Gasteiger partial charge in [0.2, 0.25) is 5.95 Å². The summed E-state index contributed by atoms with van der Waals surface area (Å²) in [5.41, 5.74) is 1.60. The smallest absolute Gasteiger partial charge is 0.280 e. The molecule has 238 valence electrons. The molecular formula is C34H36N6O6. The Labute approximate surface area is 265 Å². The molecule has 0 radical (unpaired) electrons. The number of rotatable bonds is 11. The highest BCUT2D eigenvalue weighted by Crippen LogP contribution is 2.43. The van der Waals surface area contributed by atoms with Crippen LogP contribution in [0.25, 0.3) is 11.2 Å². The van der Waals surface area contributed by atoms with Crippen molar-refractivity contribution in [1.29, 1.82) is 0 Å². The maximum atomic E-state index is 12.7. The summed E-state index contributed by atoms with van der Waals surface area (Å²) < 4.78 is 25.9. The van der Waals surface area contributed by atoms with Crippen LogP contribution in [0.4, 0.5) is 5.95 Å². The van der Waals surface area contributed by atoms with E-state index in [1.54, 1.807) is 30.0 Å². The van der Waals surface area contributed by atoms with Gasteiger partial charge in [0.15, 0.2) is 11.2 Å². The molecule has 1 saturated heterocycles. The highest BCUT2D eigenvalue weighted by Gasteiger charge is 2.42. The summed E-state index contributed by atoms with van der Waals surface area (Å²) in [7, 11) is 6.88. The van der Waals surface area contributed by atoms with Crippen LogP contribution in [-0.4, -0.2) is 83.0 Å². The molecule has 0 saturated carbocycles. The van der Waals surface area contributed by atoms with Crippen molar-refractivity contribution in [2.24, 2.45) is 4.99 Å². The van der Waals surface area contributed by atoms with Crippen LogP contribution in [0.5, 0.6) is 11.5 Å². The second kappa shape index (κ2) is 13.1. The summed E-state index contributed by atoms with van der Waals surface area (Å²) in [5.74, 6) is 1.57. The molecule has 5 aromatic rings. The second-order valence-corrected chi connectivity index (χ2v) is 11.2. The minimum absolute atomic E-state index is 0.0453. The summed E-state index contributed by atoms with van der Waals surface area (Å²) in [5, 5.41) is 11.2. The summed E-state index contributed by atoms with van der Waals surface area (Å²) in [6.45, 7) is 0.0453. The Morgan fingerprint density at radius 3 is 2.20 bits per heavy atom. The Hall–Kier alpha value is -5.04. The van der Waals surface area contributed by atoms with Gasteiger partial charge in [-0.05, 0) is 41.0 Å². The molecule has 46 heavy (non-hydrogen) atoms. The number of aliphatic hydroxyl groups excluding tert-OH is 1. The van der Waals surface area contributed by atoms with Gasteiger partial charge in [0, 0.05) is 20.5 Å². The Morgan fingerprint density at radius 1 is 1.00 bits per heavy atom. The third-order valence-electron chi connectivity index (χ3n) is 7.98. The van der Waals surface area contributed by atoms with Crippen molar-refractivity contribution in [3.05, 3.63) is 112 Å². The highest BCUT2D eigenvalue weighted by atomic mass is 16.6. The van der Waals surface area contributed by atoms with E-state index in [2.05, 4.69) is 19.9 Å². The molecule has 6 rings (SSSR count). The molecular weight excluding hydrogens is 588 g/mol. The largest absolute Gasteiger partial charge is 0.497 e. The molecule has 12 nitrogen and oxygen atoms in total. The fourth-order valence-electron chi connectivity index (χ4n) is 5.67. The zero-order valence-electron chi connectivity index (χ0n) is 26.0. The Kier molecular flexibility index (Phi) is 8.84. The lowest BCUT2D eigenvalue weighted by molar-refractivity contribution is -0.0931. The molecule has 1 aliphatic rings. The number of aliphatic imine (C=N–C) groups is 1. The molecule has 3 aromatic carbocycles. The average Bonchev–Trinajstić information content (AvgIpc) is 3.68. The van der Waals surface area contributed by atoms with Crippen LogP contribution >= 0.6 is 0 Å². The Balaban J connectivity index is 1.35. The minimum atomic E-state index is -1.07. The number of aromatic nitrogens is 4. The molecule has 3 heterocycles. The van der Waals surface area contributed by atoms with Gasteiger partial charge in [-0.15, -0.1) is 0 Å². The minimum Gasteiger partial charge on any atom is -0.497 e. The number of aliphatic hydroxyl groups is 1. The molecule has 3 unspecified atom stereocenters. The highest BCUT2D eigenvalue weighted by molar-refractivity contribution is 5.71. The monoisotopic (exact) mass is 624 g/mol. The fourth-order valence-corrected chi connectivity index (χ4v) is 5.67. The van der Waals surface area contributed by atoms with Crippen molar-refractivity contribution < 1.29 is 24.1 Å². The van der Waals surface area contributed by atoms with Crippen LogP contribution in [-0.2, 0) is 15.1 Å². The summed E-state index contributed by atoms with van der Waals surface area (Å²) in [6.07, 6.45) is 1.08. The number of nitrogens with one attached hydrogen (secondary N) is 1. The molecule has 1 fully saturated rings. The number of methoxy groups -OCH3 is 2. The molecule has 12 heteroatoms. The van der Waals surface area contributed by atoms with Gasteiger partial charge < -0.3 is 29.0 Å². The number of hydrogen-bond acceptors (Lipinski definition) is 9. The SMILES string of the molecule is COc1ccc(C(OCC2OC(n3cnc4c(=O)[nH]c(N=CN(C)C)nc43)CC2O)(c2ccccc2)c2ccc(OC)cc2)cc1. The predicted molar refractivity (Wildman–Crippen MR) is 173 cm³/mol. The van der Waals surface area contributed by atoms with E-state index >= 15 is 0 Å². The van der Waals surface area contributed by atoms with Gasteiger partial charge >= 0.3 is 0 Å². The molecule has 2 aromatic heterocycles. The van der Waals surface area contributed by atoms with Gasteiger partial charge in [-0.25, -0.2) is 9.98 Å². The zero-order chi connectivity index (χ0) is 32.3. The molecule has 0 aliphatic carbocycles. The molecule has 1 aliphatic heterocycles. The van der Waals surface area contributed by atoms with Crippen molar-refractivity contribution >= 4 is 23.5 Å². The number of H-pyrrole nitrogens is 1. The van der Waals surface area contributed by atoms with E-state index in [0.717, 1.165) is 16.7 Å². The first-order chi connectivity index (χ1) is 22.3. The third-order valence-corrected chi connectivity index (χ3v) is 7.98. The van der Waals surface area contributed by atoms with Crippen molar-refractivity contribution in [1.82, 2.24) is 24.4 Å². The van der Waals surface area contributed by atoms with Crippen molar-refractivity contribution in [2.45, 2.75) is 30.5 Å². The molecule has 0 amide bonds. The lowest BCUT2D eigenvalue weighted by Gasteiger charge is -2.37. The normalized spacial score (nSPS) is 18.3.